The fourth-order valence-corrected chi connectivity index (χ4v) is 1.41. The van der Waals surface area contributed by atoms with Gasteiger partial charge in [-0.05, 0) is 25.1 Å². The Morgan fingerprint density at radius 1 is 1.44 bits per heavy atom. The van der Waals surface area contributed by atoms with Gasteiger partial charge in [-0.1, -0.05) is 0 Å². The van der Waals surface area contributed by atoms with E-state index in [2.05, 4.69) is 15.4 Å². The van der Waals surface area contributed by atoms with Crippen molar-refractivity contribution in [3.8, 4) is 5.82 Å². The zero-order valence-electron chi connectivity index (χ0n) is 10.2. The molecule has 1 atom stereocenters. The normalized spacial score (nSPS) is 12.1. The molecule has 2 heterocycles. The summed E-state index contributed by atoms with van der Waals surface area (Å²) in [4.78, 5) is 16.0. The molecule has 0 bridgehead atoms. The van der Waals surface area contributed by atoms with Crippen LogP contribution in [0, 0.1) is 0 Å². The van der Waals surface area contributed by atoms with Gasteiger partial charge in [-0.3, -0.25) is 4.79 Å². The number of hydrogen-bond acceptors (Lipinski definition) is 4. The van der Waals surface area contributed by atoms with Crippen LogP contribution < -0.4 is 5.32 Å². The van der Waals surface area contributed by atoms with Crippen LogP contribution in [0.2, 0.25) is 0 Å². The van der Waals surface area contributed by atoms with Gasteiger partial charge in [0.2, 0.25) is 0 Å². The lowest BCUT2D eigenvalue weighted by Crippen LogP contribution is -2.27. The minimum atomic E-state index is -0.518. The molecule has 0 radical (unpaired) electrons. The van der Waals surface area contributed by atoms with Gasteiger partial charge in [0.15, 0.2) is 5.82 Å². The maximum atomic E-state index is 11.8. The number of nitrogens with zero attached hydrogens (tertiary/aromatic N) is 3. The van der Waals surface area contributed by atoms with Crippen LogP contribution in [0.3, 0.4) is 0 Å². The minimum absolute atomic E-state index is 0.223. The summed E-state index contributed by atoms with van der Waals surface area (Å²) < 4.78 is 6.55. The van der Waals surface area contributed by atoms with Crippen LogP contribution in [0.15, 0.2) is 36.8 Å². The molecular weight excluding hydrogens is 232 g/mol. The summed E-state index contributed by atoms with van der Waals surface area (Å²) in [5.41, 5.74) is 0.593. The summed E-state index contributed by atoms with van der Waals surface area (Å²) >= 11 is 0. The first-order valence-electron chi connectivity index (χ1n) is 5.51. The monoisotopic (exact) mass is 246 g/mol. The molecule has 0 spiro atoms. The predicted molar refractivity (Wildman–Crippen MR) is 66.5 cm³/mol. The van der Waals surface area contributed by atoms with E-state index in [-0.39, 0.29) is 5.91 Å². The molecule has 0 fully saturated rings. The second-order valence-electron chi connectivity index (χ2n) is 3.69. The lowest BCUT2D eigenvalue weighted by atomic mass is 10.3. The van der Waals surface area contributed by atoms with Gasteiger partial charge in [0, 0.05) is 25.7 Å². The first-order chi connectivity index (χ1) is 8.72. The van der Waals surface area contributed by atoms with Crippen molar-refractivity contribution in [2.75, 3.05) is 12.4 Å². The molecule has 18 heavy (non-hydrogen) atoms. The molecule has 2 aromatic heterocycles. The molecule has 0 aliphatic rings. The van der Waals surface area contributed by atoms with Gasteiger partial charge in [-0.25, -0.2) is 9.67 Å². The molecule has 2 aromatic rings. The van der Waals surface area contributed by atoms with Crippen LogP contribution in [0.4, 0.5) is 5.69 Å². The molecule has 94 valence electrons. The Morgan fingerprint density at radius 3 is 2.94 bits per heavy atom. The topological polar surface area (TPSA) is 69.0 Å². The first-order valence-corrected chi connectivity index (χ1v) is 5.51. The summed E-state index contributed by atoms with van der Waals surface area (Å²) in [5, 5.41) is 6.85. The number of pyridine rings is 1. The van der Waals surface area contributed by atoms with Crippen LogP contribution in [-0.2, 0) is 9.53 Å². The first kappa shape index (κ1) is 12.3. The Kier molecular flexibility index (Phi) is 3.69. The van der Waals surface area contributed by atoms with Crippen LogP contribution in [0.5, 0.6) is 0 Å². The highest BCUT2D eigenvalue weighted by atomic mass is 16.5. The Morgan fingerprint density at radius 2 is 2.28 bits per heavy atom. The number of nitrogens with one attached hydrogen (secondary N) is 1. The molecule has 2 rings (SSSR count). The lowest BCUT2D eigenvalue weighted by molar-refractivity contribution is -0.124. The third kappa shape index (κ3) is 2.54. The average molecular weight is 246 g/mol. The van der Waals surface area contributed by atoms with E-state index in [1.807, 2.05) is 0 Å². The van der Waals surface area contributed by atoms with Gasteiger partial charge < -0.3 is 10.1 Å². The summed E-state index contributed by atoms with van der Waals surface area (Å²) in [6.07, 6.45) is 4.54. The summed E-state index contributed by atoms with van der Waals surface area (Å²) in [6.45, 7) is 1.68. The van der Waals surface area contributed by atoms with Gasteiger partial charge >= 0.3 is 0 Å². The number of methoxy groups -OCH3 is 1. The fraction of sp³-hybridized carbons (Fsp3) is 0.250. The summed E-state index contributed by atoms with van der Waals surface area (Å²) in [5.74, 6) is 0.345. The number of aromatic nitrogens is 3. The van der Waals surface area contributed by atoms with E-state index in [1.54, 1.807) is 48.4 Å². The van der Waals surface area contributed by atoms with Gasteiger partial charge in [-0.2, -0.15) is 5.10 Å². The smallest absolute Gasteiger partial charge is 0.253 e. The molecule has 0 saturated heterocycles. The maximum Gasteiger partial charge on any atom is 0.253 e. The third-order valence-corrected chi connectivity index (χ3v) is 2.49. The Bertz CT molecular complexity index is 525. The van der Waals surface area contributed by atoms with Gasteiger partial charge in [0.05, 0.1) is 5.69 Å². The number of anilines is 1. The van der Waals surface area contributed by atoms with Crippen molar-refractivity contribution in [2.45, 2.75) is 13.0 Å². The molecule has 0 saturated carbocycles. The predicted octanol–water partition coefficient (Wildman–Crippen LogP) is 1.24. The average Bonchev–Trinajstić information content (AvgIpc) is 2.92. The second kappa shape index (κ2) is 5.42. The number of ether oxygens (including phenoxy) is 1. The van der Waals surface area contributed by atoms with E-state index in [4.69, 9.17) is 4.74 Å². The van der Waals surface area contributed by atoms with Crippen LogP contribution in [0.25, 0.3) is 5.82 Å². The van der Waals surface area contributed by atoms with Crippen molar-refractivity contribution in [1.29, 1.82) is 0 Å². The van der Waals surface area contributed by atoms with E-state index in [9.17, 15) is 4.79 Å². The van der Waals surface area contributed by atoms with Gasteiger partial charge in [-0.15, -0.1) is 0 Å². The molecule has 1 unspecified atom stereocenters. The zero-order valence-corrected chi connectivity index (χ0v) is 10.2. The highest BCUT2D eigenvalue weighted by Gasteiger charge is 2.14. The summed E-state index contributed by atoms with van der Waals surface area (Å²) in [7, 11) is 1.49. The van der Waals surface area contributed by atoms with Crippen LogP contribution in [0.1, 0.15) is 6.92 Å². The molecule has 6 heteroatoms. The van der Waals surface area contributed by atoms with Crippen molar-refractivity contribution < 1.29 is 9.53 Å². The number of carbonyl (C=O) groups is 1. The van der Waals surface area contributed by atoms with Crippen molar-refractivity contribution in [3.63, 3.8) is 0 Å². The minimum Gasteiger partial charge on any atom is -0.372 e. The Hall–Kier alpha value is -2.21. The van der Waals surface area contributed by atoms with Gasteiger partial charge in [0.1, 0.15) is 6.10 Å². The number of rotatable bonds is 4. The standard InChI is InChI=1S/C12H14N4O2/c1-9(18-2)12(17)15-10-5-3-6-13-11(10)16-8-4-7-14-16/h3-9H,1-2H3,(H,15,17). The maximum absolute atomic E-state index is 11.8. The van der Waals surface area contributed by atoms with Crippen LogP contribution >= 0.6 is 0 Å². The molecule has 0 aliphatic carbocycles. The Labute approximate surface area is 105 Å². The molecular formula is C12H14N4O2. The van der Waals surface area contributed by atoms with E-state index in [0.717, 1.165) is 0 Å². The van der Waals surface area contributed by atoms with E-state index in [0.29, 0.717) is 11.5 Å². The molecule has 0 aromatic carbocycles. The van der Waals surface area contributed by atoms with Crippen molar-refractivity contribution in [1.82, 2.24) is 14.8 Å². The summed E-state index contributed by atoms with van der Waals surface area (Å²) in [6, 6.07) is 5.31. The highest BCUT2D eigenvalue weighted by Crippen LogP contribution is 2.16. The third-order valence-electron chi connectivity index (χ3n) is 2.49. The molecule has 0 aliphatic heterocycles. The largest absolute Gasteiger partial charge is 0.372 e. The quantitative estimate of drug-likeness (QED) is 0.881. The van der Waals surface area contributed by atoms with E-state index >= 15 is 0 Å². The SMILES string of the molecule is COC(C)C(=O)Nc1cccnc1-n1cccn1. The Balaban J connectivity index is 2.26. The number of hydrogen-bond donors (Lipinski definition) is 1. The second-order valence-corrected chi connectivity index (χ2v) is 3.69. The van der Waals surface area contributed by atoms with Gasteiger partial charge in [0.25, 0.3) is 5.91 Å². The van der Waals surface area contributed by atoms with Crippen molar-refractivity contribution in [2.24, 2.45) is 0 Å². The van der Waals surface area contributed by atoms with E-state index < -0.39 is 6.10 Å². The van der Waals surface area contributed by atoms with Crippen molar-refractivity contribution in [3.05, 3.63) is 36.8 Å². The van der Waals surface area contributed by atoms with Crippen LogP contribution in [-0.4, -0.2) is 33.9 Å². The fourth-order valence-electron chi connectivity index (χ4n) is 1.41. The molecule has 1 N–H and O–H groups in total. The number of carbonyl (C=O) groups excluding carboxylic acids is 1. The molecule has 1 amide bonds. The number of amides is 1. The highest BCUT2D eigenvalue weighted by molar-refractivity contribution is 5.95. The van der Waals surface area contributed by atoms with Crippen molar-refractivity contribution >= 4 is 11.6 Å². The lowest BCUT2D eigenvalue weighted by Gasteiger charge is -2.12. The molecule has 6 nitrogen and oxygen atoms in total. The van der Waals surface area contributed by atoms with E-state index in [1.165, 1.54) is 7.11 Å². The zero-order chi connectivity index (χ0) is 13.0.